The normalized spacial score (nSPS) is 10.7. The number of amides is 1. The molecular formula is C11H13ClN4OS. The third-order valence-corrected chi connectivity index (χ3v) is 3.87. The van der Waals surface area contributed by atoms with Crippen LogP contribution in [0.3, 0.4) is 0 Å². The first-order valence-electron chi connectivity index (χ1n) is 5.39. The van der Waals surface area contributed by atoms with Crippen LogP contribution in [-0.4, -0.2) is 20.7 Å². The van der Waals surface area contributed by atoms with Crippen molar-refractivity contribution in [2.45, 2.75) is 27.3 Å². The third kappa shape index (κ3) is 2.70. The van der Waals surface area contributed by atoms with Gasteiger partial charge in [0.15, 0.2) is 5.13 Å². The molecule has 0 radical (unpaired) electrons. The fourth-order valence-corrected chi connectivity index (χ4v) is 2.37. The zero-order valence-electron chi connectivity index (χ0n) is 10.3. The Morgan fingerprint density at radius 3 is 2.72 bits per heavy atom. The molecule has 0 aliphatic heterocycles. The molecule has 18 heavy (non-hydrogen) atoms. The Labute approximate surface area is 114 Å². The average Bonchev–Trinajstić information content (AvgIpc) is 2.80. The van der Waals surface area contributed by atoms with Crippen molar-refractivity contribution in [3.05, 3.63) is 27.5 Å². The molecule has 0 saturated carbocycles. The van der Waals surface area contributed by atoms with E-state index in [0.29, 0.717) is 10.2 Å². The van der Waals surface area contributed by atoms with Gasteiger partial charge in [-0.1, -0.05) is 11.6 Å². The van der Waals surface area contributed by atoms with E-state index in [-0.39, 0.29) is 12.5 Å². The molecule has 0 bridgehead atoms. The summed E-state index contributed by atoms with van der Waals surface area (Å²) in [6, 6.07) is 0. The highest BCUT2D eigenvalue weighted by Gasteiger charge is 2.12. The molecule has 7 heteroatoms. The number of nitrogens with zero attached hydrogens (tertiary/aromatic N) is 3. The summed E-state index contributed by atoms with van der Waals surface area (Å²) < 4.78 is 1.59. The molecular weight excluding hydrogens is 272 g/mol. The molecule has 0 aliphatic rings. The molecule has 2 heterocycles. The van der Waals surface area contributed by atoms with Crippen LogP contribution in [0.5, 0.6) is 0 Å². The first-order valence-corrected chi connectivity index (χ1v) is 6.64. The smallest absolute Gasteiger partial charge is 0.247 e. The van der Waals surface area contributed by atoms with Gasteiger partial charge in [0.25, 0.3) is 0 Å². The molecule has 2 rings (SSSR count). The van der Waals surface area contributed by atoms with E-state index in [1.165, 1.54) is 11.3 Å². The highest BCUT2D eigenvalue weighted by Crippen LogP contribution is 2.19. The van der Waals surface area contributed by atoms with Crippen molar-refractivity contribution >= 4 is 34.0 Å². The van der Waals surface area contributed by atoms with Crippen LogP contribution in [0.4, 0.5) is 5.13 Å². The van der Waals surface area contributed by atoms with Gasteiger partial charge in [-0.15, -0.1) is 11.3 Å². The number of nitrogens with one attached hydrogen (secondary N) is 1. The van der Waals surface area contributed by atoms with E-state index < -0.39 is 0 Å². The summed E-state index contributed by atoms with van der Waals surface area (Å²) >= 11 is 7.42. The van der Waals surface area contributed by atoms with Gasteiger partial charge in [-0.2, -0.15) is 5.10 Å². The molecule has 1 amide bonds. The van der Waals surface area contributed by atoms with E-state index in [4.69, 9.17) is 11.6 Å². The quantitative estimate of drug-likeness (QED) is 0.942. The zero-order chi connectivity index (χ0) is 13.3. The van der Waals surface area contributed by atoms with Gasteiger partial charge >= 0.3 is 0 Å². The van der Waals surface area contributed by atoms with E-state index >= 15 is 0 Å². The lowest BCUT2D eigenvalue weighted by Crippen LogP contribution is -2.20. The predicted molar refractivity (Wildman–Crippen MR) is 72.2 cm³/mol. The fourth-order valence-electron chi connectivity index (χ4n) is 1.54. The van der Waals surface area contributed by atoms with Crippen LogP contribution >= 0.6 is 22.9 Å². The first-order chi connectivity index (χ1) is 8.47. The Morgan fingerprint density at radius 1 is 1.50 bits per heavy atom. The summed E-state index contributed by atoms with van der Waals surface area (Å²) in [5, 5.41) is 10.0. The maximum Gasteiger partial charge on any atom is 0.247 e. The van der Waals surface area contributed by atoms with Crippen LogP contribution in [0.15, 0.2) is 5.38 Å². The van der Waals surface area contributed by atoms with Crippen molar-refractivity contribution in [2.75, 3.05) is 5.32 Å². The van der Waals surface area contributed by atoms with Crippen LogP contribution in [0.25, 0.3) is 0 Å². The second-order valence-electron chi connectivity index (χ2n) is 3.98. The number of thiazole rings is 1. The molecule has 0 aromatic carbocycles. The Morgan fingerprint density at radius 2 is 2.22 bits per heavy atom. The maximum atomic E-state index is 11.8. The minimum absolute atomic E-state index is 0.137. The predicted octanol–water partition coefficient (Wildman–Crippen LogP) is 2.56. The Hall–Kier alpha value is -1.40. The molecule has 5 nitrogen and oxygen atoms in total. The topological polar surface area (TPSA) is 59.8 Å². The zero-order valence-corrected chi connectivity index (χ0v) is 11.9. The fraction of sp³-hybridized carbons (Fsp3) is 0.364. The molecule has 1 N–H and O–H groups in total. The largest absolute Gasteiger partial charge is 0.300 e. The molecule has 0 fully saturated rings. The number of aryl methyl sites for hydroxylation is 2. The minimum Gasteiger partial charge on any atom is -0.300 e. The van der Waals surface area contributed by atoms with Crippen LogP contribution in [0, 0.1) is 20.8 Å². The summed E-state index contributed by atoms with van der Waals surface area (Å²) in [5.41, 5.74) is 2.41. The number of hydrogen-bond acceptors (Lipinski definition) is 4. The molecule has 0 saturated heterocycles. The molecule has 0 aliphatic carbocycles. The van der Waals surface area contributed by atoms with Crippen molar-refractivity contribution in [1.29, 1.82) is 0 Å². The Kier molecular flexibility index (Phi) is 3.68. The molecule has 96 valence electrons. The lowest BCUT2D eigenvalue weighted by molar-refractivity contribution is -0.116. The number of aromatic nitrogens is 3. The van der Waals surface area contributed by atoms with Gasteiger partial charge in [0.2, 0.25) is 5.91 Å². The summed E-state index contributed by atoms with van der Waals surface area (Å²) in [6.45, 7) is 5.67. The van der Waals surface area contributed by atoms with Gasteiger partial charge < -0.3 is 5.32 Å². The van der Waals surface area contributed by atoms with Crippen molar-refractivity contribution in [3.8, 4) is 0 Å². The number of halogens is 1. The number of carbonyl (C=O) groups is 1. The van der Waals surface area contributed by atoms with Gasteiger partial charge in [-0.05, 0) is 20.8 Å². The molecule has 0 atom stereocenters. The highest BCUT2D eigenvalue weighted by molar-refractivity contribution is 7.13. The van der Waals surface area contributed by atoms with Crippen molar-refractivity contribution < 1.29 is 4.79 Å². The van der Waals surface area contributed by atoms with Crippen LogP contribution in [0.2, 0.25) is 5.02 Å². The minimum atomic E-state index is -0.161. The molecule has 2 aromatic rings. The number of hydrogen-bond donors (Lipinski definition) is 1. The number of carbonyl (C=O) groups excluding carboxylic acids is 1. The lowest BCUT2D eigenvalue weighted by Gasteiger charge is -2.04. The molecule has 0 unspecified atom stereocenters. The van der Waals surface area contributed by atoms with E-state index in [2.05, 4.69) is 15.4 Å². The van der Waals surface area contributed by atoms with Crippen molar-refractivity contribution in [2.24, 2.45) is 0 Å². The van der Waals surface area contributed by atoms with Crippen molar-refractivity contribution in [1.82, 2.24) is 14.8 Å². The summed E-state index contributed by atoms with van der Waals surface area (Å²) in [5.74, 6) is -0.161. The van der Waals surface area contributed by atoms with Crippen LogP contribution in [-0.2, 0) is 11.3 Å². The second kappa shape index (κ2) is 5.07. The van der Waals surface area contributed by atoms with Crippen molar-refractivity contribution in [3.63, 3.8) is 0 Å². The first kappa shape index (κ1) is 13.0. The number of anilines is 1. The van der Waals surface area contributed by atoms with Gasteiger partial charge in [-0.3, -0.25) is 9.48 Å². The molecule has 0 spiro atoms. The van der Waals surface area contributed by atoms with E-state index in [9.17, 15) is 4.79 Å². The average molecular weight is 285 g/mol. The van der Waals surface area contributed by atoms with Crippen LogP contribution in [0.1, 0.15) is 17.1 Å². The van der Waals surface area contributed by atoms with E-state index in [0.717, 1.165) is 17.1 Å². The maximum absolute atomic E-state index is 11.8. The monoisotopic (exact) mass is 284 g/mol. The van der Waals surface area contributed by atoms with Gasteiger partial charge in [-0.25, -0.2) is 4.98 Å². The van der Waals surface area contributed by atoms with Gasteiger partial charge in [0, 0.05) is 5.38 Å². The van der Waals surface area contributed by atoms with E-state index in [1.54, 1.807) is 4.68 Å². The number of rotatable bonds is 3. The molecule has 2 aromatic heterocycles. The summed E-state index contributed by atoms with van der Waals surface area (Å²) in [6.07, 6.45) is 0. The van der Waals surface area contributed by atoms with E-state index in [1.807, 2.05) is 26.2 Å². The lowest BCUT2D eigenvalue weighted by atomic mass is 10.4. The highest BCUT2D eigenvalue weighted by atomic mass is 35.5. The standard InChI is InChI=1S/C11H13ClN4OS/c1-6-5-18-11(13-6)14-9(17)4-16-8(3)10(12)7(2)15-16/h5H,4H2,1-3H3,(H,13,14,17). The van der Waals surface area contributed by atoms with Crippen LogP contribution < -0.4 is 5.32 Å². The summed E-state index contributed by atoms with van der Waals surface area (Å²) in [7, 11) is 0. The van der Waals surface area contributed by atoms with Gasteiger partial charge in [0.1, 0.15) is 6.54 Å². The SMILES string of the molecule is Cc1csc(NC(=O)Cn2nc(C)c(Cl)c2C)n1. The third-order valence-electron chi connectivity index (χ3n) is 2.45. The van der Waals surface area contributed by atoms with Gasteiger partial charge in [0.05, 0.1) is 22.1 Å². The Balaban J connectivity index is 2.05. The summed E-state index contributed by atoms with van der Waals surface area (Å²) in [4.78, 5) is 16.0. The Bertz CT molecular complexity index is 590. The second-order valence-corrected chi connectivity index (χ2v) is 5.22.